The van der Waals surface area contributed by atoms with E-state index in [1.807, 2.05) is 0 Å². The van der Waals surface area contributed by atoms with Crippen LogP contribution in [0.25, 0.3) is 0 Å². The molecule has 1 saturated heterocycles. The number of aromatic nitrogens is 1. The molecular formula is C14H18N2O3. The number of hydrogen-bond donors (Lipinski definition) is 1. The standard InChI is InChI=1S/C14H18N2O3/c1-9-5-7-16(8-6-9)13(17)12-4-3-11(14(18)19)10(2)15-12/h3-4,9H,5-8H2,1-2H3,(H,18,19). The van der Waals surface area contributed by atoms with Gasteiger partial charge in [0, 0.05) is 13.1 Å². The quantitative estimate of drug-likeness (QED) is 0.884. The lowest BCUT2D eigenvalue weighted by atomic mass is 9.99. The normalized spacial score (nSPS) is 16.4. The van der Waals surface area contributed by atoms with Crippen molar-refractivity contribution >= 4 is 11.9 Å². The molecule has 0 bridgehead atoms. The van der Waals surface area contributed by atoms with Gasteiger partial charge in [0.25, 0.3) is 5.91 Å². The molecule has 1 aromatic rings. The molecule has 0 saturated carbocycles. The fraction of sp³-hybridized carbons (Fsp3) is 0.500. The highest BCUT2D eigenvalue weighted by Gasteiger charge is 2.23. The van der Waals surface area contributed by atoms with Crippen LogP contribution in [0.4, 0.5) is 0 Å². The van der Waals surface area contributed by atoms with Gasteiger partial charge < -0.3 is 10.0 Å². The summed E-state index contributed by atoms with van der Waals surface area (Å²) >= 11 is 0. The largest absolute Gasteiger partial charge is 0.478 e. The molecule has 1 aliphatic heterocycles. The Balaban J connectivity index is 2.16. The lowest BCUT2D eigenvalue weighted by Gasteiger charge is -2.30. The summed E-state index contributed by atoms with van der Waals surface area (Å²) in [5.41, 5.74) is 0.851. The number of carbonyl (C=O) groups is 2. The maximum atomic E-state index is 12.3. The Hall–Kier alpha value is -1.91. The van der Waals surface area contributed by atoms with Crippen LogP contribution in [0.2, 0.25) is 0 Å². The van der Waals surface area contributed by atoms with Crippen molar-refractivity contribution in [3.8, 4) is 0 Å². The Morgan fingerprint density at radius 3 is 2.47 bits per heavy atom. The molecule has 19 heavy (non-hydrogen) atoms. The van der Waals surface area contributed by atoms with Gasteiger partial charge in [0.2, 0.25) is 0 Å². The molecule has 5 nitrogen and oxygen atoms in total. The van der Waals surface area contributed by atoms with E-state index in [1.54, 1.807) is 11.8 Å². The first-order valence-electron chi connectivity index (χ1n) is 6.49. The SMILES string of the molecule is Cc1nc(C(=O)N2CCC(C)CC2)ccc1C(=O)O. The zero-order valence-electron chi connectivity index (χ0n) is 11.2. The van der Waals surface area contributed by atoms with Crippen LogP contribution in [0, 0.1) is 12.8 Å². The van der Waals surface area contributed by atoms with E-state index in [0.29, 0.717) is 17.3 Å². The topological polar surface area (TPSA) is 70.5 Å². The van der Waals surface area contributed by atoms with Crippen LogP contribution in [0.5, 0.6) is 0 Å². The number of aromatic carboxylic acids is 1. The molecule has 0 aliphatic carbocycles. The van der Waals surface area contributed by atoms with Gasteiger partial charge in [0.1, 0.15) is 5.69 Å². The number of aryl methyl sites for hydroxylation is 1. The maximum Gasteiger partial charge on any atom is 0.337 e. The van der Waals surface area contributed by atoms with Gasteiger partial charge >= 0.3 is 5.97 Å². The highest BCUT2D eigenvalue weighted by molar-refractivity contribution is 5.94. The van der Waals surface area contributed by atoms with E-state index in [1.165, 1.54) is 12.1 Å². The molecule has 1 aliphatic rings. The van der Waals surface area contributed by atoms with Crippen molar-refractivity contribution in [3.05, 3.63) is 29.1 Å². The Labute approximate surface area is 112 Å². The van der Waals surface area contributed by atoms with Crippen molar-refractivity contribution in [2.45, 2.75) is 26.7 Å². The van der Waals surface area contributed by atoms with E-state index < -0.39 is 5.97 Å². The molecule has 2 heterocycles. The smallest absolute Gasteiger partial charge is 0.337 e. The van der Waals surface area contributed by atoms with E-state index in [9.17, 15) is 9.59 Å². The summed E-state index contributed by atoms with van der Waals surface area (Å²) < 4.78 is 0. The van der Waals surface area contributed by atoms with Crippen LogP contribution in [0.15, 0.2) is 12.1 Å². The Morgan fingerprint density at radius 2 is 1.95 bits per heavy atom. The molecule has 1 N–H and O–H groups in total. The second-order valence-electron chi connectivity index (χ2n) is 5.11. The summed E-state index contributed by atoms with van der Waals surface area (Å²) in [6, 6.07) is 2.95. The molecule has 1 fully saturated rings. The number of carboxylic acids is 1. The minimum absolute atomic E-state index is 0.105. The molecule has 2 rings (SSSR count). The van der Waals surface area contributed by atoms with Crippen molar-refractivity contribution < 1.29 is 14.7 Å². The minimum Gasteiger partial charge on any atom is -0.478 e. The Bertz CT molecular complexity index is 505. The number of piperidine rings is 1. The van der Waals surface area contributed by atoms with Crippen LogP contribution in [0.3, 0.4) is 0 Å². The van der Waals surface area contributed by atoms with Crippen molar-refractivity contribution in [2.24, 2.45) is 5.92 Å². The third-order valence-electron chi connectivity index (χ3n) is 3.61. The fourth-order valence-electron chi connectivity index (χ4n) is 2.28. The van der Waals surface area contributed by atoms with Crippen LogP contribution in [-0.2, 0) is 0 Å². The number of carboxylic acid groups (broad SMARTS) is 1. The second kappa shape index (κ2) is 5.38. The third-order valence-corrected chi connectivity index (χ3v) is 3.61. The number of pyridine rings is 1. The Kier molecular flexibility index (Phi) is 3.83. The first-order valence-corrected chi connectivity index (χ1v) is 6.49. The minimum atomic E-state index is -1.02. The predicted octanol–water partition coefficient (Wildman–Crippen LogP) is 1.96. The number of rotatable bonds is 2. The lowest BCUT2D eigenvalue weighted by molar-refractivity contribution is 0.0677. The van der Waals surface area contributed by atoms with Gasteiger partial charge in [0.05, 0.1) is 11.3 Å². The van der Waals surface area contributed by atoms with Gasteiger partial charge in [-0.05, 0) is 37.8 Å². The summed E-state index contributed by atoms with van der Waals surface area (Å²) in [6.45, 7) is 5.30. The van der Waals surface area contributed by atoms with Crippen LogP contribution >= 0.6 is 0 Å². The van der Waals surface area contributed by atoms with E-state index in [-0.39, 0.29) is 11.5 Å². The summed E-state index contributed by atoms with van der Waals surface area (Å²) in [4.78, 5) is 29.1. The van der Waals surface area contributed by atoms with E-state index in [0.717, 1.165) is 25.9 Å². The van der Waals surface area contributed by atoms with Crippen LogP contribution in [0.1, 0.15) is 46.3 Å². The first kappa shape index (κ1) is 13.5. The zero-order valence-corrected chi connectivity index (χ0v) is 11.2. The number of amides is 1. The third kappa shape index (κ3) is 2.92. The molecule has 1 amide bonds. The first-order chi connectivity index (χ1) is 8.99. The zero-order chi connectivity index (χ0) is 14.0. The van der Waals surface area contributed by atoms with Gasteiger partial charge in [-0.2, -0.15) is 0 Å². The van der Waals surface area contributed by atoms with E-state index in [4.69, 9.17) is 5.11 Å². The molecule has 1 aromatic heterocycles. The van der Waals surface area contributed by atoms with Crippen molar-refractivity contribution in [2.75, 3.05) is 13.1 Å². The van der Waals surface area contributed by atoms with Crippen molar-refractivity contribution in [3.63, 3.8) is 0 Å². The molecule has 0 spiro atoms. The summed E-state index contributed by atoms with van der Waals surface area (Å²) in [7, 11) is 0. The molecule has 0 unspecified atom stereocenters. The van der Waals surface area contributed by atoms with Gasteiger partial charge in [0.15, 0.2) is 0 Å². The lowest BCUT2D eigenvalue weighted by Crippen LogP contribution is -2.38. The van der Waals surface area contributed by atoms with Gasteiger partial charge in [-0.3, -0.25) is 4.79 Å². The molecule has 0 radical (unpaired) electrons. The number of carbonyl (C=O) groups excluding carboxylic acids is 1. The average molecular weight is 262 g/mol. The second-order valence-corrected chi connectivity index (χ2v) is 5.11. The average Bonchev–Trinajstić information content (AvgIpc) is 2.38. The number of nitrogens with zero attached hydrogens (tertiary/aromatic N) is 2. The van der Waals surface area contributed by atoms with Crippen molar-refractivity contribution in [1.29, 1.82) is 0 Å². The highest BCUT2D eigenvalue weighted by Crippen LogP contribution is 2.18. The summed E-state index contributed by atoms with van der Waals surface area (Å²) in [6.07, 6.45) is 2.02. The molecule has 5 heteroatoms. The van der Waals surface area contributed by atoms with Gasteiger partial charge in [-0.1, -0.05) is 6.92 Å². The highest BCUT2D eigenvalue weighted by atomic mass is 16.4. The van der Waals surface area contributed by atoms with Gasteiger partial charge in [-0.15, -0.1) is 0 Å². The predicted molar refractivity (Wildman–Crippen MR) is 70.2 cm³/mol. The molecule has 102 valence electrons. The Morgan fingerprint density at radius 1 is 1.32 bits per heavy atom. The molecule has 0 aromatic carbocycles. The fourth-order valence-corrected chi connectivity index (χ4v) is 2.28. The summed E-state index contributed by atoms with van der Waals surface area (Å²) in [5, 5.41) is 8.94. The van der Waals surface area contributed by atoms with E-state index in [2.05, 4.69) is 11.9 Å². The number of likely N-dealkylation sites (tertiary alicyclic amines) is 1. The van der Waals surface area contributed by atoms with Crippen molar-refractivity contribution in [1.82, 2.24) is 9.88 Å². The van der Waals surface area contributed by atoms with Gasteiger partial charge in [-0.25, -0.2) is 9.78 Å². The molecule has 0 atom stereocenters. The maximum absolute atomic E-state index is 12.3. The summed E-state index contributed by atoms with van der Waals surface area (Å²) in [5.74, 6) is -0.462. The van der Waals surface area contributed by atoms with E-state index >= 15 is 0 Å². The van der Waals surface area contributed by atoms with Crippen LogP contribution < -0.4 is 0 Å². The number of hydrogen-bond acceptors (Lipinski definition) is 3. The monoisotopic (exact) mass is 262 g/mol. The van der Waals surface area contributed by atoms with Crippen LogP contribution in [-0.4, -0.2) is 40.0 Å². The molecular weight excluding hydrogens is 244 g/mol.